The van der Waals surface area contributed by atoms with Gasteiger partial charge in [-0.2, -0.15) is 5.10 Å². The van der Waals surface area contributed by atoms with Crippen LogP contribution in [-0.4, -0.2) is 45.8 Å². The first-order valence-electron chi connectivity index (χ1n) is 7.64. The lowest BCUT2D eigenvalue weighted by molar-refractivity contribution is 0.282. The van der Waals surface area contributed by atoms with Gasteiger partial charge in [0.05, 0.1) is 22.6 Å². The van der Waals surface area contributed by atoms with E-state index < -0.39 is 0 Å². The lowest BCUT2D eigenvalue weighted by Gasteiger charge is -2.24. The summed E-state index contributed by atoms with van der Waals surface area (Å²) in [6, 6.07) is 0. The van der Waals surface area contributed by atoms with E-state index in [0.29, 0.717) is 4.47 Å². The fourth-order valence-corrected chi connectivity index (χ4v) is 4.02. The third kappa shape index (κ3) is 3.81. The van der Waals surface area contributed by atoms with Gasteiger partial charge in [-0.1, -0.05) is 0 Å². The van der Waals surface area contributed by atoms with Crippen molar-refractivity contribution in [3.8, 4) is 0 Å². The van der Waals surface area contributed by atoms with E-state index >= 15 is 0 Å². The van der Waals surface area contributed by atoms with Crippen LogP contribution < -0.4 is 10.5 Å². The summed E-state index contributed by atoms with van der Waals surface area (Å²) in [4.78, 5) is 21.3. The Kier molecular flexibility index (Phi) is 5.13. The second-order valence-corrected chi connectivity index (χ2v) is 7.60. The predicted molar refractivity (Wildman–Crippen MR) is 96.1 cm³/mol. The Labute approximate surface area is 147 Å². The van der Waals surface area contributed by atoms with Crippen molar-refractivity contribution in [2.75, 3.05) is 31.1 Å². The monoisotopic (exact) mass is 397 g/mol. The average Bonchev–Trinajstić information content (AvgIpc) is 2.79. The largest absolute Gasteiger partial charge is 0.368 e. The van der Waals surface area contributed by atoms with Crippen LogP contribution in [0.1, 0.15) is 17.1 Å². The van der Waals surface area contributed by atoms with Crippen molar-refractivity contribution in [1.29, 1.82) is 0 Å². The average molecular weight is 398 g/mol. The van der Waals surface area contributed by atoms with Crippen LogP contribution >= 0.6 is 27.3 Å². The van der Waals surface area contributed by atoms with Crippen LogP contribution in [0, 0.1) is 6.92 Å². The second kappa shape index (κ2) is 7.11. The molecule has 1 saturated heterocycles. The molecule has 0 bridgehead atoms. The molecule has 8 heteroatoms. The Morgan fingerprint density at radius 3 is 2.87 bits per heavy atom. The normalized spacial score (nSPS) is 16.6. The number of hydrogen-bond acceptors (Lipinski definition) is 6. The maximum atomic E-state index is 12.0. The molecule has 1 aliphatic rings. The highest BCUT2D eigenvalue weighted by atomic mass is 79.9. The SMILES string of the molecule is Cc1nc(CN2CCCN(c3cnn(C)c(=O)c3Br)CC2)cs1. The van der Waals surface area contributed by atoms with Crippen LogP contribution in [0.4, 0.5) is 5.69 Å². The van der Waals surface area contributed by atoms with E-state index in [2.05, 4.69) is 41.2 Å². The molecule has 0 unspecified atom stereocenters. The Hall–Kier alpha value is -1.25. The highest BCUT2D eigenvalue weighted by molar-refractivity contribution is 9.10. The van der Waals surface area contributed by atoms with Gasteiger partial charge >= 0.3 is 0 Å². The summed E-state index contributed by atoms with van der Waals surface area (Å²) in [5.74, 6) is 0. The van der Waals surface area contributed by atoms with Gasteiger partial charge in [-0.05, 0) is 29.3 Å². The van der Waals surface area contributed by atoms with Gasteiger partial charge in [0.15, 0.2) is 0 Å². The Balaban J connectivity index is 1.69. The molecule has 1 fully saturated rings. The van der Waals surface area contributed by atoms with Crippen LogP contribution in [0.25, 0.3) is 0 Å². The molecule has 0 spiro atoms. The molecule has 3 rings (SSSR count). The van der Waals surface area contributed by atoms with Crippen LogP contribution in [0.5, 0.6) is 0 Å². The highest BCUT2D eigenvalue weighted by Gasteiger charge is 2.19. The zero-order valence-electron chi connectivity index (χ0n) is 13.3. The molecule has 1 aliphatic heterocycles. The molecule has 0 N–H and O–H groups in total. The number of halogens is 1. The van der Waals surface area contributed by atoms with Crippen LogP contribution in [0.15, 0.2) is 20.8 Å². The first-order valence-corrected chi connectivity index (χ1v) is 9.32. The van der Waals surface area contributed by atoms with E-state index in [9.17, 15) is 4.79 Å². The van der Waals surface area contributed by atoms with E-state index in [1.165, 1.54) is 4.68 Å². The third-order valence-electron chi connectivity index (χ3n) is 4.04. The number of nitrogens with zero attached hydrogens (tertiary/aromatic N) is 5. The predicted octanol–water partition coefficient (Wildman–Crippen LogP) is 2.02. The van der Waals surface area contributed by atoms with Crippen molar-refractivity contribution in [3.63, 3.8) is 0 Å². The fourth-order valence-electron chi connectivity index (χ4n) is 2.80. The van der Waals surface area contributed by atoms with Crippen LogP contribution in [0.2, 0.25) is 0 Å². The first-order chi connectivity index (χ1) is 11.0. The maximum absolute atomic E-state index is 12.0. The topological polar surface area (TPSA) is 54.3 Å². The summed E-state index contributed by atoms with van der Waals surface area (Å²) >= 11 is 5.13. The third-order valence-corrected chi connectivity index (χ3v) is 5.61. The molecule has 124 valence electrons. The summed E-state index contributed by atoms with van der Waals surface area (Å²) < 4.78 is 1.95. The Morgan fingerprint density at radius 2 is 2.13 bits per heavy atom. The lowest BCUT2D eigenvalue weighted by atomic mass is 10.3. The Bertz CT molecular complexity index is 744. The van der Waals surface area contributed by atoms with Gasteiger partial charge in [-0.15, -0.1) is 11.3 Å². The molecule has 0 saturated carbocycles. The molecular weight excluding hydrogens is 378 g/mol. The zero-order chi connectivity index (χ0) is 16.4. The molecular formula is C15H20BrN5OS. The summed E-state index contributed by atoms with van der Waals surface area (Å²) in [5, 5.41) is 7.40. The van der Waals surface area contributed by atoms with Gasteiger partial charge in [0.2, 0.25) is 0 Å². The van der Waals surface area contributed by atoms with Gasteiger partial charge in [-0.3, -0.25) is 9.69 Å². The molecule has 0 radical (unpaired) electrons. The van der Waals surface area contributed by atoms with Crippen LogP contribution in [0.3, 0.4) is 0 Å². The summed E-state index contributed by atoms with van der Waals surface area (Å²) in [5.41, 5.74) is 1.94. The van der Waals surface area contributed by atoms with E-state index in [1.54, 1.807) is 24.6 Å². The number of aryl methyl sites for hydroxylation is 2. The number of anilines is 1. The van der Waals surface area contributed by atoms with Crippen molar-refractivity contribution < 1.29 is 0 Å². The quantitative estimate of drug-likeness (QED) is 0.792. The van der Waals surface area contributed by atoms with Crippen molar-refractivity contribution in [3.05, 3.63) is 37.1 Å². The van der Waals surface area contributed by atoms with Crippen molar-refractivity contribution in [2.24, 2.45) is 7.05 Å². The van der Waals surface area contributed by atoms with E-state index in [0.717, 1.165) is 55.5 Å². The summed E-state index contributed by atoms with van der Waals surface area (Å²) in [6.45, 7) is 6.75. The summed E-state index contributed by atoms with van der Waals surface area (Å²) in [7, 11) is 1.66. The minimum Gasteiger partial charge on any atom is -0.368 e. The maximum Gasteiger partial charge on any atom is 0.282 e. The van der Waals surface area contributed by atoms with Crippen molar-refractivity contribution in [1.82, 2.24) is 19.7 Å². The number of thiazole rings is 1. The highest BCUT2D eigenvalue weighted by Crippen LogP contribution is 2.23. The molecule has 2 aromatic heterocycles. The van der Waals surface area contributed by atoms with Crippen LogP contribution in [-0.2, 0) is 13.6 Å². The molecule has 0 aliphatic carbocycles. The molecule has 2 aromatic rings. The number of aromatic nitrogens is 3. The molecule has 6 nitrogen and oxygen atoms in total. The molecule has 23 heavy (non-hydrogen) atoms. The van der Waals surface area contributed by atoms with Gasteiger partial charge in [-0.25, -0.2) is 9.67 Å². The first kappa shape index (κ1) is 16.6. The van der Waals surface area contributed by atoms with E-state index in [1.807, 2.05) is 6.92 Å². The van der Waals surface area contributed by atoms with Gasteiger partial charge in [0, 0.05) is 45.2 Å². The molecule has 0 aromatic carbocycles. The number of hydrogen-bond donors (Lipinski definition) is 0. The van der Waals surface area contributed by atoms with Gasteiger partial charge < -0.3 is 4.90 Å². The zero-order valence-corrected chi connectivity index (χ0v) is 15.7. The minimum atomic E-state index is -0.0958. The lowest BCUT2D eigenvalue weighted by Crippen LogP contribution is -2.32. The fraction of sp³-hybridized carbons (Fsp3) is 0.533. The molecule has 3 heterocycles. The van der Waals surface area contributed by atoms with E-state index in [4.69, 9.17) is 0 Å². The smallest absolute Gasteiger partial charge is 0.282 e. The van der Waals surface area contributed by atoms with Gasteiger partial charge in [0.1, 0.15) is 4.47 Å². The summed E-state index contributed by atoms with van der Waals surface area (Å²) in [6.07, 6.45) is 2.83. The second-order valence-electron chi connectivity index (χ2n) is 5.75. The molecule has 0 atom stereocenters. The standard InChI is InChI=1S/C15H20BrN5OS/c1-11-18-12(10-23-11)9-20-4-3-5-21(7-6-20)13-8-17-19(2)15(22)14(13)16/h8,10H,3-7,9H2,1-2H3. The van der Waals surface area contributed by atoms with Crippen molar-refractivity contribution in [2.45, 2.75) is 19.9 Å². The van der Waals surface area contributed by atoms with Gasteiger partial charge in [0.25, 0.3) is 5.56 Å². The minimum absolute atomic E-state index is 0.0958. The van der Waals surface area contributed by atoms with Crippen molar-refractivity contribution >= 4 is 33.0 Å². The molecule has 0 amide bonds. The Morgan fingerprint density at radius 1 is 1.30 bits per heavy atom. The van der Waals surface area contributed by atoms with E-state index in [-0.39, 0.29) is 5.56 Å². The number of rotatable bonds is 3.